The lowest BCUT2D eigenvalue weighted by atomic mass is 10.2. The summed E-state index contributed by atoms with van der Waals surface area (Å²) in [6, 6.07) is 5.95. The van der Waals surface area contributed by atoms with E-state index < -0.39 is 0 Å². The zero-order valence-electron chi connectivity index (χ0n) is 12.0. The minimum atomic E-state index is -0.348. The van der Waals surface area contributed by atoms with E-state index in [1.165, 1.54) is 12.1 Å². The van der Waals surface area contributed by atoms with Gasteiger partial charge in [-0.3, -0.25) is 4.79 Å². The smallest absolute Gasteiger partial charge is 0.287 e. The first-order valence-corrected chi connectivity index (χ1v) is 6.78. The van der Waals surface area contributed by atoms with Crippen LogP contribution in [0, 0.1) is 5.82 Å². The molecule has 1 aromatic carbocycles. The molecule has 1 heterocycles. The molecule has 21 heavy (non-hydrogen) atoms. The SMILES string of the molecule is CCC(CNC(=O)c1nccn1C)Oc1cccc(F)c1. The van der Waals surface area contributed by atoms with Crippen LogP contribution in [0.3, 0.4) is 0 Å². The number of nitrogens with zero attached hydrogens (tertiary/aromatic N) is 2. The summed E-state index contributed by atoms with van der Waals surface area (Å²) < 4.78 is 20.4. The van der Waals surface area contributed by atoms with Crippen molar-refractivity contribution in [2.24, 2.45) is 7.05 Å². The molecule has 6 heteroatoms. The molecule has 1 amide bonds. The number of carbonyl (C=O) groups is 1. The van der Waals surface area contributed by atoms with Crippen molar-refractivity contribution in [3.05, 3.63) is 48.3 Å². The monoisotopic (exact) mass is 291 g/mol. The largest absolute Gasteiger partial charge is 0.489 e. The highest BCUT2D eigenvalue weighted by Crippen LogP contribution is 2.14. The van der Waals surface area contributed by atoms with Gasteiger partial charge in [0.1, 0.15) is 17.7 Å². The van der Waals surface area contributed by atoms with Crippen LogP contribution in [-0.4, -0.2) is 28.1 Å². The highest BCUT2D eigenvalue weighted by atomic mass is 19.1. The number of amides is 1. The third-order valence-electron chi connectivity index (χ3n) is 3.07. The van der Waals surface area contributed by atoms with E-state index in [4.69, 9.17) is 4.74 Å². The van der Waals surface area contributed by atoms with Crippen molar-refractivity contribution in [2.45, 2.75) is 19.4 Å². The molecular weight excluding hydrogens is 273 g/mol. The Bertz CT molecular complexity index is 612. The lowest BCUT2D eigenvalue weighted by Gasteiger charge is -2.18. The summed E-state index contributed by atoms with van der Waals surface area (Å²) in [7, 11) is 1.75. The lowest BCUT2D eigenvalue weighted by molar-refractivity contribution is 0.0912. The van der Waals surface area contributed by atoms with E-state index in [2.05, 4.69) is 10.3 Å². The Hall–Kier alpha value is -2.37. The van der Waals surface area contributed by atoms with Gasteiger partial charge in [0.2, 0.25) is 0 Å². The quantitative estimate of drug-likeness (QED) is 0.887. The van der Waals surface area contributed by atoms with E-state index in [1.807, 2.05) is 6.92 Å². The molecule has 0 saturated carbocycles. The summed E-state index contributed by atoms with van der Waals surface area (Å²) in [6.45, 7) is 2.27. The number of nitrogens with one attached hydrogen (secondary N) is 1. The average molecular weight is 291 g/mol. The van der Waals surface area contributed by atoms with Crippen LogP contribution in [0.4, 0.5) is 4.39 Å². The van der Waals surface area contributed by atoms with Crippen LogP contribution in [0.2, 0.25) is 0 Å². The van der Waals surface area contributed by atoms with Crippen molar-refractivity contribution >= 4 is 5.91 Å². The first-order valence-electron chi connectivity index (χ1n) is 6.78. The molecule has 0 aliphatic heterocycles. The van der Waals surface area contributed by atoms with Crippen molar-refractivity contribution in [2.75, 3.05) is 6.54 Å². The van der Waals surface area contributed by atoms with Crippen molar-refractivity contribution in [3.8, 4) is 5.75 Å². The predicted molar refractivity (Wildman–Crippen MR) is 76.6 cm³/mol. The standard InChI is InChI=1S/C15H18FN3O2/c1-3-12(21-13-6-4-5-11(16)9-13)10-18-15(20)14-17-7-8-19(14)2/h4-9,12H,3,10H2,1-2H3,(H,18,20). The Morgan fingerprint density at radius 2 is 2.33 bits per heavy atom. The second-order valence-electron chi connectivity index (χ2n) is 4.68. The molecule has 0 radical (unpaired) electrons. The van der Waals surface area contributed by atoms with Crippen molar-refractivity contribution in [1.29, 1.82) is 0 Å². The summed E-state index contributed by atoms with van der Waals surface area (Å²) in [5.41, 5.74) is 0. The Kier molecular flexibility index (Phi) is 4.92. The van der Waals surface area contributed by atoms with Gasteiger partial charge in [0.25, 0.3) is 5.91 Å². The maximum Gasteiger partial charge on any atom is 0.287 e. The number of carbonyl (C=O) groups excluding carboxylic acids is 1. The van der Waals surface area contributed by atoms with Gasteiger partial charge in [0.15, 0.2) is 5.82 Å². The minimum absolute atomic E-state index is 0.226. The van der Waals surface area contributed by atoms with Gasteiger partial charge in [0.05, 0.1) is 6.54 Å². The summed E-state index contributed by atoms with van der Waals surface area (Å²) >= 11 is 0. The molecule has 2 rings (SSSR count). The second kappa shape index (κ2) is 6.88. The Labute approximate surface area is 122 Å². The van der Waals surface area contributed by atoms with Gasteiger partial charge in [-0.05, 0) is 18.6 Å². The highest BCUT2D eigenvalue weighted by Gasteiger charge is 2.14. The number of aryl methyl sites for hydroxylation is 1. The van der Waals surface area contributed by atoms with E-state index in [1.54, 1.807) is 36.1 Å². The van der Waals surface area contributed by atoms with E-state index in [0.29, 0.717) is 24.5 Å². The third-order valence-corrected chi connectivity index (χ3v) is 3.07. The summed E-state index contributed by atoms with van der Waals surface area (Å²) in [5.74, 6) is 0.187. The third kappa shape index (κ3) is 4.05. The van der Waals surface area contributed by atoms with Gasteiger partial charge in [-0.15, -0.1) is 0 Å². The predicted octanol–water partition coefficient (Wildman–Crippen LogP) is 2.15. The van der Waals surface area contributed by atoms with Crippen LogP contribution in [0.15, 0.2) is 36.7 Å². The first-order chi connectivity index (χ1) is 10.1. The molecule has 1 N–H and O–H groups in total. The van der Waals surface area contributed by atoms with Crippen LogP contribution < -0.4 is 10.1 Å². The zero-order valence-corrected chi connectivity index (χ0v) is 12.0. The number of imidazole rings is 1. The van der Waals surface area contributed by atoms with Gasteiger partial charge in [-0.1, -0.05) is 13.0 Å². The highest BCUT2D eigenvalue weighted by molar-refractivity contribution is 5.90. The number of hydrogen-bond donors (Lipinski definition) is 1. The molecule has 0 aliphatic rings. The molecule has 2 aromatic rings. The fraction of sp³-hybridized carbons (Fsp3) is 0.333. The van der Waals surface area contributed by atoms with Gasteiger partial charge in [0, 0.05) is 25.5 Å². The van der Waals surface area contributed by atoms with Gasteiger partial charge >= 0.3 is 0 Å². The molecule has 0 spiro atoms. The van der Waals surface area contributed by atoms with E-state index in [9.17, 15) is 9.18 Å². The molecule has 0 bridgehead atoms. The maximum absolute atomic E-state index is 13.1. The van der Waals surface area contributed by atoms with Crippen LogP contribution in [0.25, 0.3) is 0 Å². The Balaban J connectivity index is 1.91. The summed E-state index contributed by atoms with van der Waals surface area (Å²) in [6.07, 6.45) is 3.73. The molecule has 0 saturated heterocycles. The van der Waals surface area contributed by atoms with Crippen LogP contribution in [0.5, 0.6) is 5.75 Å². The number of benzene rings is 1. The number of rotatable bonds is 6. The van der Waals surface area contributed by atoms with E-state index in [-0.39, 0.29) is 17.8 Å². The molecule has 1 unspecified atom stereocenters. The van der Waals surface area contributed by atoms with Gasteiger partial charge in [-0.2, -0.15) is 0 Å². The van der Waals surface area contributed by atoms with Crippen LogP contribution in [-0.2, 0) is 7.05 Å². The molecule has 1 aromatic heterocycles. The fourth-order valence-corrected chi connectivity index (χ4v) is 1.87. The molecule has 5 nitrogen and oxygen atoms in total. The molecule has 1 atom stereocenters. The van der Waals surface area contributed by atoms with Crippen molar-refractivity contribution in [1.82, 2.24) is 14.9 Å². The number of hydrogen-bond acceptors (Lipinski definition) is 3. The van der Waals surface area contributed by atoms with Gasteiger partial charge < -0.3 is 14.6 Å². The summed E-state index contributed by atoms with van der Waals surface area (Å²) in [5, 5.41) is 2.77. The lowest BCUT2D eigenvalue weighted by Crippen LogP contribution is -2.36. The number of ether oxygens (including phenoxy) is 1. The number of aromatic nitrogens is 2. The molecule has 0 aliphatic carbocycles. The molecular formula is C15H18FN3O2. The summed E-state index contributed by atoms with van der Waals surface area (Å²) in [4.78, 5) is 15.9. The van der Waals surface area contributed by atoms with Crippen LogP contribution >= 0.6 is 0 Å². The average Bonchev–Trinajstić information content (AvgIpc) is 2.89. The normalized spacial score (nSPS) is 12.0. The minimum Gasteiger partial charge on any atom is -0.489 e. The topological polar surface area (TPSA) is 56.2 Å². The second-order valence-corrected chi connectivity index (χ2v) is 4.68. The van der Waals surface area contributed by atoms with Crippen molar-refractivity contribution < 1.29 is 13.9 Å². The Morgan fingerprint density at radius 3 is 2.95 bits per heavy atom. The Morgan fingerprint density at radius 1 is 1.52 bits per heavy atom. The molecule has 0 fully saturated rings. The first kappa shape index (κ1) is 15.0. The molecule has 112 valence electrons. The zero-order chi connectivity index (χ0) is 15.2. The van der Waals surface area contributed by atoms with E-state index >= 15 is 0 Å². The van der Waals surface area contributed by atoms with Crippen LogP contribution in [0.1, 0.15) is 24.0 Å². The fourth-order valence-electron chi connectivity index (χ4n) is 1.87. The van der Waals surface area contributed by atoms with E-state index in [0.717, 1.165) is 0 Å². The maximum atomic E-state index is 13.1. The number of halogens is 1. The van der Waals surface area contributed by atoms with Crippen molar-refractivity contribution in [3.63, 3.8) is 0 Å². The van der Waals surface area contributed by atoms with Gasteiger partial charge in [-0.25, -0.2) is 9.37 Å².